The molecule has 6 nitrogen and oxygen atoms in total. The normalized spacial score (nSPS) is 13.5. The average molecular weight is 337 g/mol. The second kappa shape index (κ2) is 5.08. The summed E-state index contributed by atoms with van der Waals surface area (Å²) >= 11 is 12.1. The van der Waals surface area contributed by atoms with Gasteiger partial charge in [0.2, 0.25) is 0 Å². The maximum absolute atomic E-state index is 12.5. The van der Waals surface area contributed by atoms with Crippen LogP contribution >= 0.6 is 23.2 Å². The summed E-state index contributed by atoms with van der Waals surface area (Å²) < 4.78 is 0. The third-order valence-corrected chi connectivity index (χ3v) is 3.85. The van der Waals surface area contributed by atoms with Gasteiger partial charge in [0.05, 0.1) is 31.8 Å². The first-order valence-electron chi connectivity index (χ1n) is 6.03. The fourth-order valence-corrected chi connectivity index (χ4v) is 2.81. The molecule has 22 heavy (non-hydrogen) atoms. The molecule has 0 N–H and O–H groups in total. The second-order valence-electron chi connectivity index (χ2n) is 4.50. The first-order chi connectivity index (χ1) is 10.4. The summed E-state index contributed by atoms with van der Waals surface area (Å²) in [6.45, 7) is 0. The number of rotatable bonds is 2. The molecule has 0 unspecified atom stereocenters. The lowest BCUT2D eigenvalue weighted by atomic mass is 10.1. The molecule has 0 bridgehead atoms. The molecule has 0 radical (unpaired) electrons. The van der Waals surface area contributed by atoms with Crippen LogP contribution in [0.2, 0.25) is 10.0 Å². The average Bonchev–Trinajstić information content (AvgIpc) is 2.72. The quantitative estimate of drug-likeness (QED) is 0.475. The summed E-state index contributed by atoms with van der Waals surface area (Å²) in [7, 11) is 0. The minimum atomic E-state index is -0.696. The van der Waals surface area contributed by atoms with Gasteiger partial charge in [0.15, 0.2) is 0 Å². The fraction of sp³-hybridized carbons (Fsp3) is 0. The standard InChI is InChI=1S/C14H6Cl2N2O4/c15-10-2-1-3-11(16)12(10)17-13(19)8-5-4-7(18(21)22)6-9(8)14(17)20/h1-6H. The molecule has 1 aliphatic rings. The number of carbonyl (C=O) groups is 2. The van der Waals surface area contributed by atoms with Crippen molar-refractivity contribution in [1.29, 1.82) is 0 Å². The third kappa shape index (κ3) is 2.04. The summed E-state index contributed by atoms with van der Waals surface area (Å²) in [6, 6.07) is 8.06. The van der Waals surface area contributed by atoms with Crippen LogP contribution in [0, 0.1) is 10.1 Å². The molecule has 2 aromatic carbocycles. The summed E-state index contributed by atoms with van der Waals surface area (Å²) in [5.41, 5.74) is -0.173. The predicted molar refractivity (Wildman–Crippen MR) is 80.7 cm³/mol. The number of nitrogens with zero attached hydrogens (tertiary/aromatic N) is 2. The minimum absolute atomic E-state index is 0.0461. The van der Waals surface area contributed by atoms with Gasteiger partial charge in [-0.2, -0.15) is 0 Å². The van der Waals surface area contributed by atoms with Gasteiger partial charge in [0, 0.05) is 12.1 Å². The van der Waals surface area contributed by atoms with Crippen LogP contribution in [0.15, 0.2) is 36.4 Å². The molecule has 0 atom stereocenters. The van der Waals surface area contributed by atoms with Crippen LogP contribution in [0.1, 0.15) is 20.7 Å². The van der Waals surface area contributed by atoms with Crippen molar-refractivity contribution in [2.45, 2.75) is 0 Å². The van der Waals surface area contributed by atoms with E-state index in [1.807, 2.05) is 0 Å². The van der Waals surface area contributed by atoms with Crippen molar-refractivity contribution >= 4 is 46.4 Å². The van der Waals surface area contributed by atoms with Crippen molar-refractivity contribution in [2.75, 3.05) is 4.90 Å². The zero-order valence-corrected chi connectivity index (χ0v) is 12.3. The van der Waals surface area contributed by atoms with Gasteiger partial charge in [-0.05, 0) is 18.2 Å². The van der Waals surface area contributed by atoms with Crippen molar-refractivity contribution in [3.63, 3.8) is 0 Å². The SMILES string of the molecule is O=C1c2ccc([N+](=O)[O-])cc2C(=O)N1c1c(Cl)cccc1Cl. The Morgan fingerprint density at radius 1 is 0.955 bits per heavy atom. The number of nitro benzene ring substituents is 1. The van der Waals surface area contributed by atoms with Crippen LogP contribution in [0.25, 0.3) is 0 Å². The Hall–Kier alpha value is -2.44. The molecule has 1 heterocycles. The summed E-state index contributed by atoms with van der Waals surface area (Å²) in [6.07, 6.45) is 0. The lowest BCUT2D eigenvalue weighted by Gasteiger charge is -2.16. The highest BCUT2D eigenvalue weighted by molar-refractivity contribution is 6.44. The lowest BCUT2D eigenvalue weighted by Crippen LogP contribution is -2.29. The van der Waals surface area contributed by atoms with Gasteiger partial charge >= 0.3 is 0 Å². The monoisotopic (exact) mass is 336 g/mol. The van der Waals surface area contributed by atoms with E-state index in [1.165, 1.54) is 24.3 Å². The highest BCUT2D eigenvalue weighted by Gasteiger charge is 2.39. The van der Waals surface area contributed by atoms with Gasteiger partial charge in [0.1, 0.15) is 0 Å². The molecular weight excluding hydrogens is 331 g/mol. The van der Waals surface area contributed by atoms with Crippen LogP contribution in [0.5, 0.6) is 0 Å². The van der Waals surface area contributed by atoms with E-state index in [2.05, 4.69) is 0 Å². The Morgan fingerprint density at radius 2 is 1.55 bits per heavy atom. The molecule has 0 fully saturated rings. The molecule has 0 spiro atoms. The first kappa shape index (κ1) is 14.5. The van der Waals surface area contributed by atoms with E-state index in [-0.39, 0.29) is 32.5 Å². The lowest BCUT2D eigenvalue weighted by molar-refractivity contribution is -0.384. The van der Waals surface area contributed by atoms with Gasteiger partial charge in [-0.1, -0.05) is 29.3 Å². The fourth-order valence-electron chi connectivity index (χ4n) is 2.25. The number of nitro groups is 1. The Morgan fingerprint density at radius 3 is 2.14 bits per heavy atom. The second-order valence-corrected chi connectivity index (χ2v) is 5.32. The number of hydrogen-bond acceptors (Lipinski definition) is 4. The van der Waals surface area contributed by atoms with Crippen molar-refractivity contribution in [3.8, 4) is 0 Å². The number of imide groups is 1. The smallest absolute Gasteiger partial charge is 0.268 e. The van der Waals surface area contributed by atoms with Crippen molar-refractivity contribution < 1.29 is 14.5 Å². The van der Waals surface area contributed by atoms with Crippen LogP contribution in [-0.4, -0.2) is 16.7 Å². The van der Waals surface area contributed by atoms with Gasteiger partial charge in [-0.15, -0.1) is 0 Å². The molecule has 1 aliphatic heterocycles. The van der Waals surface area contributed by atoms with E-state index >= 15 is 0 Å². The van der Waals surface area contributed by atoms with E-state index < -0.39 is 16.7 Å². The zero-order valence-electron chi connectivity index (χ0n) is 10.7. The maximum Gasteiger partial charge on any atom is 0.270 e. The van der Waals surface area contributed by atoms with Crippen molar-refractivity contribution in [2.24, 2.45) is 0 Å². The Bertz CT molecular complexity index is 830. The summed E-state index contributed by atoms with van der Waals surface area (Å²) in [4.78, 5) is 35.9. The summed E-state index contributed by atoms with van der Waals surface area (Å²) in [5, 5.41) is 11.1. The Kier molecular flexibility index (Phi) is 3.35. The zero-order chi connectivity index (χ0) is 16.0. The highest BCUT2D eigenvalue weighted by Crippen LogP contribution is 2.38. The third-order valence-electron chi connectivity index (χ3n) is 3.24. The number of benzene rings is 2. The number of hydrogen-bond donors (Lipinski definition) is 0. The topological polar surface area (TPSA) is 80.5 Å². The van der Waals surface area contributed by atoms with Crippen molar-refractivity contribution in [3.05, 3.63) is 67.7 Å². The molecule has 3 rings (SSSR count). The molecule has 2 amide bonds. The number of anilines is 1. The molecule has 0 saturated carbocycles. The molecule has 2 aromatic rings. The molecular formula is C14H6Cl2N2O4. The van der Waals surface area contributed by atoms with Gasteiger partial charge in [-0.3, -0.25) is 19.7 Å². The minimum Gasteiger partial charge on any atom is -0.268 e. The number of para-hydroxylation sites is 1. The van der Waals surface area contributed by atoms with Gasteiger partial charge < -0.3 is 0 Å². The van der Waals surface area contributed by atoms with Crippen LogP contribution in [0.3, 0.4) is 0 Å². The molecule has 8 heteroatoms. The molecule has 0 saturated heterocycles. The molecule has 110 valence electrons. The Balaban J connectivity index is 2.17. The van der Waals surface area contributed by atoms with E-state index in [1.54, 1.807) is 6.07 Å². The summed E-state index contributed by atoms with van der Waals surface area (Å²) in [5.74, 6) is -1.32. The van der Waals surface area contributed by atoms with Crippen LogP contribution in [0.4, 0.5) is 11.4 Å². The largest absolute Gasteiger partial charge is 0.270 e. The van der Waals surface area contributed by atoms with E-state index in [0.29, 0.717) is 0 Å². The van der Waals surface area contributed by atoms with Crippen molar-refractivity contribution in [1.82, 2.24) is 0 Å². The predicted octanol–water partition coefficient (Wildman–Crippen LogP) is 3.70. The number of halogens is 2. The van der Waals surface area contributed by atoms with E-state index in [9.17, 15) is 19.7 Å². The van der Waals surface area contributed by atoms with E-state index in [0.717, 1.165) is 11.0 Å². The van der Waals surface area contributed by atoms with Gasteiger partial charge in [-0.25, -0.2) is 4.90 Å². The molecule has 0 aromatic heterocycles. The maximum atomic E-state index is 12.5. The number of carbonyl (C=O) groups excluding carboxylic acids is 2. The van der Waals surface area contributed by atoms with Gasteiger partial charge in [0.25, 0.3) is 17.5 Å². The van der Waals surface area contributed by atoms with Crippen LogP contribution in [-0.2, 0) is 0 Å². The number of fused-ring (bicyclic) bond motifs is 1. The number of amides is 2. The van der Waals surface area contributed by atoms with E-state index in [4.69, 9.17) is 23.2 Å². The first-order valence-corrected chi connectivity index (χ1v) is 6.78. The number of non-ortho nitro benzene ring substituents is 1. The Labute approximate surface area is 134 Å². The van der Waals surface area contributed by atoms with Crippen LogP contribution < -0.4 is 4.90 Å². The highest BCUT2D eigenvalue weighted by atomic mass is 35.5. The molecule has 0 aliphatic carbocycles.